The van der Waals surface area contributed by atoms with Crippen LogP contribution in [0.4, 0.5) is 0 Å². The van der Waals surface area contributed by atoms with Gasteiger partial charge < -0.3 is 9.30 Å². The molecule has 2 heterocycles. The van der Waals surface area contributed by atoms with E-state index in [1.54, 1.807) is 23.3 Å². The second kappa shape index (κ2) is 5.72. The Morgan fingerprint density at radius 3 is 2.78 bits per heavy atom. The summed E-state index contributed by atoms with van der Waals surface area (Å²) in [6, 6.07) is 16.1. The molecule has 23 heavy (non-hydrogen) atoms. The average molecular weight is 304 g/mol. The van der Waals surface area contributed by atoms with E-state index in [1.165, 1.54) is 11.1 Å². The number of rotatable bonds is 3. The predicted octanol–water partition coefficient (Wildman–Crippen LogP) is 3.18. The molecule has 114 valence electrons. The Kier molecular flexibility index (Phi) is 3.42. The number of imidazole rings is 1. The Hall–Kier alpha value is -2.88. The molecule has 0 amide bonds. The van der Waals surface area contributed by atoms with Crippen molar-refractivity contribution in [2.45, 2.75) is 18.9 Å². The zero-order chi connectivity index (χ0) is 15.6. The van der Waals surface area contributed by atoms with Crippen molar-refractivity contribution in [2.24, 2.45) is 0 Å². The summed E-state index contributed by atoms with van der Waals surface area (Å²) >= 11 is 0. The largest absolute Gasteiger partial charge is 0.425 e. The van der Waals surface area contributed by atoms with E-state index in [4.69, 9.17) is 4.74 Å². The SMILES string of the molecule is O=C1Oc2ccc(Cc3ccccc3)cc2CC1n1ccnc1. The van der Waals surface area contributed by atoms with Crippen LogP contribution in [-0.4, -0.2) is 15.5 Å². The summed E-state index contributed by atoms with van der Waals surface area (Å²) in [4.78, 5) is 16.2. The average Bonchev–Trinajstić information content (AvgIpc) is 3.10. The normalized spacial score (nSPS) is 16.7. The summed E-state index contributed by atoms with van der Waals surface area (Å²) in [5.41, 5.74) is 3.56. The molecule has 4 rings (SSSR count). The lowest BCUT2D eigenvalue weighted by atomic mass is 9.97. The topological polar surface area (TPSA) is 44.1 Å². The Morgan fingerprint density at radius 1 is 1.13 bits per heavy atom. The van der Waals surface area contributed by atoms with Crippen molar-refractivity contribution in [3.05, 3.63) is 83.9 Å². The number of carbonyl (C=O) groups is 1. The first-order valence-corrected chi connectivity index (χ1v) is 7.64. The van der Waals surface area contributed by atoms with Gasteiger partial charge in [0, 0.05) is 18.8 Å². The van der Waals surface area contributed by atoms with Gasteiger partial charge in [-0.2, -0.15) is 0 Å². The minimum absolute atomic E-state index is 0.230. The second-order valence-electron chi connectivity index (χ2n) is 5.76. The molecule has 0 saturated heterocycles. The van der Waals surface area contributed by atoms with E-state index in [9.17, 15) is 4.79 Å². The minimum atomic E-state index is -0.336. The monoisotopic (exact) mass is 304 g/mol. The van der Waals surface area contributed by atoms with Crippen molar-refractivity contribution < 1.29 is 9.53 Å². The molecule has 1 aromatic heterocycles. The number of benzene rings is 2. The van der Waals surface area contributed by atoms with E-state index in [-0.39, 0.29) is 12.0 Å². The lowest BCUT2D eigenvalue weighted by Crippen LogP contribution is -2.29. The van der Waals surface area contributed by atoms with Crippen molar-refractivity contribution in [3.63, 3.8) is 0 Å². The number of hydrogen-bond donors (Lipinski definition) is 0. The van der Waals surface area contributed by atoms with Crippen LogP contribution in [0.3, 0.4) is 0 Å². The molecule has 4 heteroatoms. The molecule has 1 atom stereocenters. The number of nitrogens with zero attached hydrogens (tertiary/aromatic N) is 2. The molecule has 0 saturated carbocycles. The highest BCUT2D eigenvalue weighted by molar-refractivity contribution is 5.79. The van der Waals surface area contributed by atoms with Crippen LogP contribution in [-0.2, 0) is 17.6 Å². The lowest BCUT2D eigenvalue weighted by Gasteiger charge is -2.24. The van der Waals surface area contributed by atoms with Crippen molar-refractivity contribution in [3.8, 4) is 5.75 Å². The van der Waals surface area contributed by atoms with E-state index < -0.39 is 0 Å². The van der Waals surface area contributed by atoms with Gasteiger partial charge in [-0.3, -0.25) is 0 Å². The van der Waals surface area contributed by atoms with Crippen molar-refractivity contribution in [1.82, 2.24) is 9.55 Å². The van der Waals surface area contributed by atoms with Crippen LogP contribution in [0.5, 0.6) is 5.75 Å². The summed E-state index contributed by atoms with van der Waals surface area (Å²) < 4.78 is 7.29. The maximum atomic E-state index is 12.2. The van der Waals surface area contributed by atoms with Crippen LogP contribution in [0.1, 0.15) is 22.7 Å². The number of hydrogen-bond acceptors (Lipinski definition) is 3. The van der Waals surface area contributed by atoms with E-state index in [1.807, 2.05) is 30.3 Å². The van der Waals surface area contributed by atoms with Gasteiger partial charge in [-0.15, -0.1) is 0 Å². The fourth-order valence-electron chi connectivity index (χ4n) is 2.98. The Labute approximate surface area is 134 Å². The number of esters is 1. The van der Waals surface area contributed by atoms with Crippen LogP contribution in [0.25, 0.3) is 0 Å². The molecular weight excluding hydrogens is 288 g/mol. The lowest BCUT2D eigenvalue weighted by molar-refractivity contribution is -0.139. The number of ether oxygens (including phenoxy) is 1. The van der Waals surface area contributed by atoms with Gasteiger partial charge in [-0.1, -0.05) is 42.5 Å². The molecule has 3 aromatic rings. The Balaban J connectivity index is 1.61. The fraction of sp³-hybridized carbons (Fsp3) is 0.158. The Morgan fingerprint density at radius 2 is 2.00 bits per heavy atom. The Bertz CT molecular complexity index is 826. The maximum Gasteiger partial charge on any atom is 0.334 e. The molecule has 0 aliphatic carbocycles. The van der Waals surface area contributed by atoms with Crippen molar-refractivity contribution >= 4 is 5.97 Å². The molecular formula is C19H16N2O2. The number of aromatic nitrogens is 2. The van der Waals surface area contributed by atoms with Crippen LogP contribution in [0.15, 0.2) is 67.3 Å². The molecule has 4 nitrogen and oxygen atoms in total. The summed E-state index contributed by atoms with van der Waals surface area (Å²) in [5, 5.41) is 0. The molecule has 1 unspecified atom stereocenters. The molecule has 0 fully saturated rings. The van der Waals surface area contributed by atoms with Gasteiger partial charge in [0.25, 0.3) is 0 Å². The van der Waals surface area contributed by atoms with E-state index in [2.05, 4.69) is 23.2 Å². The van der Waals surface area contributed by atoms with Gasteiger partial charge in [-0.05, 0) is 29.2 Å². The molecule has 0 bridgehead atoms. The molecule has 1 aliphatic heterocycles. The fourth-order valence-corrected chi connectivity index (χ4v) is 2.98. The maximum absolute atomic E-state index is 12.2. The summed E-state index contributed by atoms with van der Waals surface area (Å²) in [6.07, 6.45) is 6.63. The highest BCUT2D eigenvalue weighted by Crippen LogP contribution is 2.31. The van der Waals surface area contributed by atoms with Crippen LogP contribution >= 0.6 is 0 Å². The highest BCUT2D eigenvalue weighted by atomic mass is 16.5. The van der Waals surface area contributed by atoms with E-state index in [0.29, 0.717) is 12.2 Å². The first-order chi connectivity index (χ1) is 11.3. The summed E-state index contributed by atoms with van der Waals surface area (Å²) in [5.74, 6) is 0.439. The quantitative estimate of drug-likeness (QED) is 0.551. The minimum Gasteiger partial charge on any atom is -0.425 e. The zero-order valence-electron chi connectivity index (χ0n) is 12.6. The van der Waals surface area contributed by atoms with Crippen LogP contribution < -0.4 is 4.74 Å². The standard InChI is InChI=1S/C19H16N2O2/c22-19-17(21-9-8-20-13-21)12-16-11-15(6-7-18(16)23-19)10-14-4-2-1-3-5-14/h1-9,11,13,17H,10,12H2. The third-order valence-corrected chi connectivity index (χ3v) is 4.16. The third-order valence-electron chi connectivity index (χ3n) is 4.16. The van der Waals surface area contributed by atoms with Crippen LogP contribution in [0, 0.1) is 0 Å². The van der Waals surface area contributed by atoms with Gasteiger partial charge in [0.15, 0.2) is 0 Å². The first kappa shape index (κ1) is 13.8. The summed E-state index contributed by atoms with van der Waals surface area (Å²) in [7, 11) is 0. The number of fused-ring (bicyclic) bond motifs is 1. The highest BCUT2D eigenvalue weighted by Gasteiger charge is 2.29. The van der Waals surface area contributed by atoms with Gasteiger partial charge in [0.05, 0.1) is 6.33 Å². The summed E-state index contributed by atoms with van der Waals surface area (Å²) in [6.45, 7) is 0. The zero-order valence-corrected chi connectivity index (χ0v) is 12.6. The van der Waals surface area contributed by atoms with Gasteiger partial charge >= 0.3 is 5.97 Å². The molecule has 0 spiro atoms. The van der Waals surface area contributed by atoms with E-state index in [0.717, 1.165) is 12.0 Å². The second-order valence-corrected chi connectivity index (χ2v) is 5.76. The third kappa shape index (κ3) is 2.75. The first-order valence-electron chi connectivity index (χ1n) is 7.64. The molecule has 0 radical (unpaired) electrons. The van der Waals surface area contributed by atoms with Gasteiger partial charge in [-0.25, -0.2) is 9.78 Å². The van der Waals surface area contributed by atoms with Crippen molar-refractivity contribution in [1.29, 1.82) is 0 Å². The smallest absolute Gasteiger partial charge is 0.334 e. The van der Waals surface area contributed by atoms with E-state index >= 15 is 0 Å². The van der Waals surface area contributed by atoms with Gasteiger partial charge in [0.1, 0.15) is 11.8 Å². The van der Waals surface area contributed by atoms with Crippen molar-refractivity contribution in [2.75, 3.05) is 0 Å². The molecule has 2 aromatic carbocycles. The number of carbonyl (C=O) groups excluding carboxylic acids is 1. The molecule has 0 N–H and O–H groups in total. The molecule has 1 aliphatic rings. The predicted molar refractivity (Wildman–Crippen MR) is 86.3 cm³/mol. The van der Waals surface area contributed by atoms with Gasteiger partial charge in [0.2, 0.25) is 0 Å². The van der Waals surface area contributed by atoms with Crippen LogP contribution in [0.2, 0.25) is 0 Å².